The van der Waals surface area contributed by atoms with Gasteiger partial charge in [0, 0.05) is 11.5 Å². The Morgan fingerprint density at radius 3 is 2.70 bits per heavy atom. The minimum Gasteiger partial charge on any atom is -0.486 e. The molecule has 0 aliphatic carbocycles. The van der Waals surface area contributed by atoms with Crippen LogP contribution in [-0.4, -0.2) is 9.55 Å². The molecule has 3 nitrogen and oxygen atoms in total. The highest BCUT2D eigenvalue weighted by Crippen LogP contribution is 2.24. The molecule has 5 heteroatoms. The molecule has 0 fully saturated rings. The van der Waals surface area contributed by atoms with Crippen LogP contribution in [0.3, 0.4) is 0 Å². The molecule has 0 N–H and O–H groups in total. The van der Waals surface area contributed by atoms with Gasteiger partial charge in [-0.25, -0.2) is 4.98 Å². The van der Waals surface area contributed by atoms with Gasteiger partial charge in [0.2, 0.25) is 0 Å². The van der Waals surface area contributed by atoms with Crippen LogP contribution in [0, 0.1) is 0 Å². The van der Waals surface area contributed by atoms with Gasteiger partial charge in [0.25, 0.3) is 0 Å². The maximum Gasteiger partial charge on any atom is 0.147 e. The van der Waals surface area contributed by atoms with Crippen molar-refractivity contribution in [3.63, 3.8) is 0 Å². The Bertz CT molecular complexity index is 770. The Hall–Kier alpha value is -1.52. The molecule has 0 amide bonds. The van der Waals surface area contributed by atoms with Gasteiger partial charge < -0.3 is 9.30 Å². The first-order valence-corrected chi connectivity index (χ1v) is 7.29. The Morgan fingerprint density at radius 2 is 1.95 bits per heavy atom. The number of benzene rings is 2. The minimum absolute atomic E-state index is 0.394. The molecular weight excluding hydrogens is 340 g/mol. The zero-order valence-corrected chi connectivity index (χ0v) is 13.1. The van der Waals surface area contributed by atoms with E-state index in [4.69, 9.17) is 16.3 Å². The van der Waals surface area contributed by atoms with E-state index in [0.717, 1.165) is 21.4 Å². The molecule has 0 saturated heterocycles. The SMILES string of the molecule is Cn1c(Cl)cnc1COc1ccc2cc(Br)ccc2c1. The van der Waals surface area contributed by atoms with Gasteiger partial charge in [-0.3, -0.25) is 0 Å². The highest BCUT2D eigenvalue weighted by atomic mass is 79.9. The van der Waals surface area contributed by atoms with Gasteiger partial charge in [-0.1, -0.05) is 39.7 Å². The molecule has 0 saturated carbocycles. The van der Waals surface area contributed by atoms with Crippen LogP contribution < -0.4 is 4.74 Å². The molecule has 0 atom stereocenters. The number of hydrogen-bond acceptors (Lipinski definition) is 2. The molecule has 102 valence electrons. The fraction of sp³-hybridized carbons (Fsp3) is 0.133. The summed E-state index contributed by atoms with van der Waals surface area (Å²) in [4.78, 5) is 4.20. The van der Waals surface area contributed by atoms with E-state index in [0.29, 0.717) is 11.8 Å². The van der Waals surface area contributed by atoms with Crippen LogP contribution in [0.4, 0.5) is 0 Å². The highest BCUT2D eigenvalue weighted by molar-refractivity contribution is 9.10. The molecule has 0 radical (unpaired) electrons. The van der Waals surface area contributed by atoms with E-state index in [2.05, 4.69) is 33.0 Å². The van der Waals surface area contributed by atoms with Gasteiger partial charge in [0.15, 0.2) is 0 Å². The van der Waals surface area contributed by atoms with Crippen molar-refractivity contribution in [3.8, 4) is 5.75 Å². The number of imidazole rings is 1. The van der Waals surface area contributed by atoms with Crippen LogP contribution >= 0.6 is 27.5 Å². The van der Waals surface area contributed by atoms with Crippen molar-refractivity contribution in [1.82, 2.24) is 9.55 Å². The van der Waals surface area contributed by atoms with E-state index in [-0.39, 0.29) is 0 Å². The summed E-state index contributed by atoms with van der Waals surface area (Å²) in [6, 6.07) is 12.2. The van der Waals surface area contributed by atoms with Crippen LogP contribution in [0.25, 0.3) is 10.8 Å². The zero-order chi connectivity index (χ0) is 14.1. The van der Waals surface area contributed by atoms with Crippen molar-refractivity contribution in [2.75, 3.05) is 0 Å². The molecule has 2 aromatic carbocycles. The summed E-state index contributed by atoms with van der Waals surface area (Å²) in [5.74, 6) is 1.62. The smallest absolute Gasteiger partial charge is 0.147 e. The van der Waals surface area contributed by atoms with Gasteiger partial charge >= 0.3 is 0 Å². The zero-order valence-electron chi connectivity index (χ0n) is 10.8. The monoisotopic (exact) mass is 350 g/mol. The van der Waals surface area contributed by atoms with Crippen molar-refractivity contribution >= 4 is 38.3 Å². The standard InChI is InChI=1S/C15H12BrClN2O/c1-19-14(17)8-18-15(19)9-20-13-5-3-10-6-12(16)4-2-11(10)7-13/h2-8H,9H2,1H3. The van der Waals surface area contributed by atoms with Gasteiger partial charge in [-0.2, -0.15) is 0 Å². The summed E-state index contributed by atoms with van der Waals surface area (Å²) in [7, 11) is 1.87. The Morgan fingerprint density at radius 1 is 1.20 bits per heavy atom. The Kier molecular flexibility index (Phi) is 3.68. The van der Waals surface area contributed by atoms with Gasteiger partial charge in [0.05, 0.1) is 6.20 Å². The lowest BCUT2D eigenvalue weighted by molar-refractivity contribution is 0.292. The maximum atomic E-state index is 5.94. The number of fused-ring (bicyclic) bond motifs is 1. The lowest BCUT2D eigenvalue weighted by atomic mass is 10.1. The first-order valence-electron chi connectivity index (χ1n) is 6.12. The molecule has 0 bridgehead atoms. The predicted octanol–water partition coefficient (Wildman–Crippen LogP) is 4.57. The van der Waals surface area contributed by atoms with E-state index in [9.17, 15) is 0 Å². The van der Waals surface area contributed by atoms with Gasteiger partial charge in [-0.15, -0.1) is 0 Å². The Balaban J connectivity index is 1.81. The summed E-state index contributed by atoms with van der Waals surface area (Å²) < 4.78 is 8.65. The van der Waals surface area contributed by atoms with E-state index in [1.54, 1.807) is 10.8 Å². The third kappa shape index (κ3) is 2.67. The minimum atomic E-state index is 0.394. The number of hydrogen-bond donors (Lipinski definition) is 0. The summed E-state index contributed by atoms with van der Waals surface area (Å²) in [6.07, 6.45) is 1.62. The summed E-state index contributed by atoms with van der Waals surface area (Å²) in [5.41, 5.74) is 0. The fourth-order valence-electron chi connectivity index (χ4n) is 1.99. The molecule has 0 aliphatic heterocycles. The average Bonchev–Trinajstić information content (AvgIpc) is 2.76. The summed E-state index contributed by atoms with van der Waals surface area (Å²) in [5, 5.41) is 2.92. The largest absolute Gasteiger partial charge is 0.486 e. The Labute approximate surface area is 130 Å². The maximum absolute atomic E-state index is 5.94. The van der Waals surface area contributed by atoms with E-state index >= 15 is 0 Å². The van der Waals surface area contributed by atoms with Gasteiger partial charge in [0.1, 0.15) is 23.3 Å². The molecule has 1 aromatic heterocycles. The molecular formula is C15H12BrClN2O. The summed E-state index contributed by atoms with van der Waals surface area (Å²) >= 11 is 9.41. The van der Waals surface area contributed by atoms with Gasteiger partial charge in [-0.05, 0) is 35.0 Å². The number of rotatable bonds is 3. The quantitative estimate of drug-likeness (QED) is 0.691. The second-order valence-electron chi connectivity index (χ2n) is 4.50. The molecule has 0 spiro atoms. The number of aromatic nitrogens is 2. The molecule has 3 rings (SSSR count). The van der Waals surface area contributed by atoms with Crippen molar-refractivity contribution in [1.29, 1.82) is 0 Å². The second-order valence-corrected chi connectivity index (χ2v) is 5.80. The number of nitrogens with zero attached hydrogens (tertiary/aromatic N) is 2. The first-order chi connectivity index (χ1) is 9.63. The van der Waals surface area contributed by atoms with Crippen LogP contribution in [0.5, 0.6) is 5.75 Å². The lowest BCUT2D eigenvalue weighted by Crippen LogP contribution is -2.03. The molecule has 0 unspecified atom stereocenters. The van der Waals surface area contributed by atoms with Crippen LogP contribution in [0.2, 0.25) is 5.15 Å². The molecule has 20 heavy (non-hydrogen) atoms. The van der Waals surface area contributed by atoms with Crippen molar-refractivity contribution < 1.29 is 4.74 Å². The van der Waals surface area contributed by atoms with E-state index in [1.165, 1.54) is 5.39 Å². The number of halogens is 2. The molecule has 3 aromatic rings. The van der Waals surface area contributed by atoms with E-state index < -0.39 is 0 Å². The molecule has 0 aliphatic rings. The first kappa shape index (κ1) is 13.5. The second kappa shape index (κ2) is 5.46. The van der Waals surface area contributed by atoms with Crippen molar-refractivity contribution in [2.24, 2.45) is 7.05 Å². The topological polar surface area (TPSA) is 27.1 Å². The predicted molar refractivity (Wildman–Crippen MR) is 84.2 cm³/mol. The average molecular weight is 352 g/mol. The highest BCUT2D eigenvalue weighted by Gasteiger charge is 2.05. The number of ether oxygens (including phenoxy) is 1. The van der Waals surface area contributed by atoms with Crippen LogP contribution in [-0.2, 0) is 13.7 Å². The summed E-state index contributed by atoms with van der Waals surface area (Å²) in [6.45, 7) is 0.394. The van der Waals surface area contributed by atoms with Crippen molar-refractivity contribution in [3.05, 3.63) is 58.0 Å². The lowest BCUT2D eigenvalue weighted by Gasteiger charge is -2.08. The van der Waals surface area contributed by atoms with Crippen LogP contribution in [0.15, 0.2) is 47.1 Å². The van der Waals surface area contributed by atoms with Crippen molar-refractivity contribution in [2.45, 2.75) is 6.61 Å². The third-order valence-corrected chi connectivity index (χ3v) is 4.01. The third-order valence-electron chi connectivity index (χ3n) is 3.17. The normalized spacial score (nSPS) is 10.9. The molecule has 1 heterocycles. The van der Waals surface area contributed by atoms with Crippen LogP contribution in [0.1, 0.15) is 5.82 Å². The van der Waals surface area contributed by atoms with E-state index in [1.807, 2.05) is 31.3 Å². The fourth-order valence-corrected chi connectivity index (χ4v) is 2.52.